The zero-order chi connectivity index (χ0) is 19.7. The first kappa shape index (κ1) is 19.2. The summed E-state index contributed by atoms with van der Waals surface area (Å²) < 4.78 is 0. The molecule has 7 heteroatoms. The van der Waals surface area contributed by atoms with Crippen molar-refractivity contribution < 1.29 is 4.79 Å². The van der Waals surface area contributed by atoms with Gasteiger partial charge in [0, 0.05) is 23.5 Å². The molecule has 28 heavy (non-hydrogen) atoms. The SMILES string of the molecule is Cc1ccc(-c2c(C)sc3nc(CSCC(=O)N4CCCC4)[nH]c(=O)c23)cc1. The maximum atomic E-state index is 12.8. The second-order valence-corrected chi connectivity index (χ2v) is 9.36. The fraction of sp³-hybridized carbons (Fsp3) is 0.381. The maximum Gasteiger partial charge on any atom is 0.260 e. The molecule has 146 valence electrons. The molecule has 1 N–H and O–H groups in total. The molecular weight excluding hydrogens is 390 g/mol. The molecule has 0 spiro atoms. The van der Waals surface area contributed by atoms with Gasteiger partial charge in [-0.25, -0.2) is 4.98 Å². The number of fused-ring (bicyclic) bond motifs is 1. The van der Waals surface area contributed by atoms with Gasteiger partial charge in [-0.2, -0.15) is 0 Å². The predicted molar refractivity (Wildman–Crippen MR) is 117 cm³/mol. The lowest BCUT2D eigenvalue weighted by atomic mass is 10.0. The number of nitrogens with one attached hydrogen (secondary N) is 1. The summed E-state index contributed by atoms with van der Waals surface area (Å²) in [5, 5.41) is 0.660. The number of amides is 1. The monoisotopic (exact) mass is 413 g/mol. The highest BCUT2D eigenvalue weighted by atomic mass is 32.2. The van der Waals surface area contributed by atoms with Crippen LogP contribution >= 0.6 is 23.1 Å². The van der Waals surface area contributed by atoms with Crippen molar-refractivity contribution in [2.24, 2.45) is 0 Å². The number of benzene rings is 1. The number of hydrogen-bond donors (Lipinski definition) is 1. The number of aryl methyl sites for hydroxylation is 2. The lowest BCUT2D eigenvalue weighted by Crippen LogP contribution is -2.29. The Morgan fingerprint density at radius 1 is 1.21 bits per heavy atom. The first-order valence-electron chi connectivity index (χ1n) is 9.48. The van der Waals surface area contributed by atoms with Crippen LogP contribution in [0.3, 0.4) is 0 Å². The molecule has 1 fully saturated rings. The van der Waals surface area contributed by atoms with Crippen molar-refractivity contribution in [1.82, 2.24) is 14.9 Å². The fourth-order valence-corrected chi connectivity index (χ4v) is 5.45. The summed E-state index contributed by atoms with van der Waals surface area (Å²) >= 11 is 3.06. The van der Waals surface area contributed by atoms with Crippen LogP contribution in [0.4, 0.5) is 0 Å². The van der Waals surface area contributed by atoms with Gasteiger partial charge in [-0.15, -0.1) is 23.1 Å². The van der Waals surface area contributed by atoms with E-state index in [1.165, 1.54) is 17.3 Å². The summed E-state index contributed by atoms with van der Waals surface area (Å²) in [6.45, 7) is 5.83. The Kier molecular flexibility index (Phi) is 5.55. The molecule has 3 heterocycles. The Hall–Kier alpha value is -2.12. The van der Waals surface area contributed by atoms with Crippen LogP contribution in [-0.2, 0) is 10.5 Å². The number of nitrogens with zero attached hydrogens (tertiary/aromatic N) is 2. The maximum absolute atomic E-state index is 12.8. The van der Waals surface area contributed by atoms with Crippen molar-refractivity contribution in [3.05, 3.63) is 50.9 Å². The number of aromatic amines is 1. The molecule has 2 aromatic heterocycles. The smallest absolute Gasteiger partial charge is 0.260 e. The number of likely N-dealkylation sites (tertiary alicyclic amines) is 1. The van der Waals surface area contributed by atoms with Gasteiger partial charge < -0.3 is 9.88 Å². The lowest BCUT2D eigenvalue weighted by Gasteiger charge is -2.14. The molecule has 1 amide bonds. The Bertz CT molecular complexity index is 1060. The molecule has 4 rings (SSSR count). The first-order chi connectivity index (χ1) is 13.5. The Morgan fingerprint density at radius 3 is 2.64 bits per heavy atom. The molecule has 1 saturated heterocycles. The van der Waals surface area contributed by atoms with Gasteiger partial charge in [0.25, 0.3) is 5.56 Å². The number of hydrogen-bond acceptors (Lipinski definition) is 5. The molecule has 1 aromatic carbocycles. The van der Waals surface area contributed by atoms with Crippen LogP contribution in [0.25, 0.3) is 21.3 Å². The number of thiophene rings is 1. The van der Waals surface area contributed by atoms with Crippen molar-refractivity contribution in [2.75, 3.05) is 18.8 Å². The minimum Gasteiger partial charge on any atom is -0.342 e. The van der Waals surface area contributed by atoms with Crippen molar-refractivity contribution >= 4 is 39.2 Å². The van der Waals surface area contributed by atoms with E-state index in [9.17, 15) is 9.59 Å². The van der Waals surface area contributed by atoms with E-state index in [-0.39, 0.29) is 11.5 Å². The second-order valence-electron chi connectivity index (χ2n) is 7.17. The number of thioether (sulfide) groups is 1. The molecule has 1 aliphatic rings. The molecule has 0 saturated carbocycles. The van der Waals surface area contributed by atoms with E-state index in [2.05, 4.69) is 41.2 Å². The van der Waals surface area contributed by atoms with Crippen molar-refractivity contribution in [3.8, 4) is 11.1 Å². The zero-order valence-electron chi connectivity index (χ0n) is 16.1. The molecule has 0 aliphatic carbocycles. The normalized spacial score (nSPS) is 14.1. The summed E-state index contributed by atoms with van der Waals surface area (Å²) in [5.74, 6) is 1.77. The minimum atomic E-state index is -0.105. The number of carbonyl (C=O) groups excluding carboxylic acids is 1. The summed E-state index contributed by atoms with van der Waals surface area (Å²) in [6.07, 6.45) is 2.20. The van der Waals surface area contributed by atoms with Gasteiger partial charge in [0.2, 0.25) is 5.91 Å². The zero-order valence-corrected chi connectivity index (χ0v) is 17.7. The van der Waals surface area contributed by atoms with E-state index in [1.54, 1.807) is 11.3 Å². The van der Waals surface area contributed by atoms with Crippen LogP contribution in [-0.4, -0.2) is 39.6 Å². The molecule has 0 bridgehead atoms. The van der Waals surface area contributed by atoms with Gasteiger partial charge in [0.05, 0.1) is 16.9 Å². The molecule has 3 aromatic rings. The summed E-state index contributed by atoms with van der Waals surface area (Å²) in [5.41, 5.74) is 3.10. The molecule has 1 aliphatic heterocycles. The van der Waals surface area contributed by atoms with E-state index in [1.807, 2.05) is 11.8 Å². The van der Waals surface area contributed by atoms with Crippen molar-refractivity contribution in [1.29, 1.82) is 0 Å². The Labute approximate surface area is 172 Å². The fourth-order valence-electron chi connectivity index (χ4n) is 3.59. The number of rotatable bonds is 5. The van der Waals surface area contributed by atoms with Gasteiger partial charge in [0.1, 0.15) is 10.7 Å². The highest BCUT2D eigenvalue weighted by molar-refractivity contribution is 7.99. The summed E-state index contributed by atoms with van der Waals surface area (Å²) in [6, 6.07) is 8.22. The second kappa shape index (κ2) is 8.09. The Balaban J connectivity index is 1.55. The minimum absolute atomic E-state index is 0.105. The van der Waals surface area contributed by atoms with E-state index in [0.29, 0.717) is 22.7 Å². The summed E-state index contributed by atoms with van der Waals surface area (Å²) in [4.78, 5) is 36.3. The third-order valence-electron chi connectivity index (χ3n) is 5.05. The number of aromatic nitrogens is 2. The highest BCUT2D eigenvalue weighted by Crippen LogP contribution is 2.35. The largest absolute Gasteiger partial charge is 0.342 e. The van der Waals surface area contributed by atoms with Crippen LogP contribution in [0.15, 0.2) is 29.1 Å². The molecule has 5 nitrogen and oxygen atoms in total. The van der Waals surface area contributed by atoms with Gasteiger partial charge in [0.15, 0.2) is 0 Å². The molecule has 0 radical (unpaired) electrons. The first-order valence-corrected chi connectivity index (χ1v) is 11.4. The third kappa shape index (κ3) is 3.86. The van der Waals surface area contributed by atoms with Gasteiger partial charge >= 0.3 is 0 Å². The van der Waals surface area contributed by atoms with Crippen molar-refractivity contribution in [3.63, 3.8) is 0 Å². The van der Waals surface area contributed by atoms with Gasteiger partial charge in [-0.1, -0.05) is 29.8 Å². The molecule has 0 unspecified atom stereocenters. The van der Waals surface area contributed by atoms with Crippen LogP contribution < -0.4 is 5.56 Å². The van der Waals surface area contributed by atoms with E-state index in [0.717, 1.165) is 46.8 Å². The average molecular weight is 414 g/mol. The predicted octanol–water partition coefficient (Wildman–Crippen LogP) is 4.12. The quantitative estimate of drug-likeness (QED) is 0.683. The van der Waals surface area contributed by atoms with E-state index in [4.69, 9.17) is 0 Å². The topological polar surface area (TPSA) is 66.1 Å². The lowest BCUT2D eigenvalue weighted by molar-refractivity contribution is -0.127. The Morgan fingerprint density at radius 2 is 1.93 bits per heavy atom. The van der Waals surface area contributed by atoms with E-state index < -0.39 is 0 Å². The average Bonchev–Trinajstić information content (AvgIpc) is 3.30. The van der Waals surface area contributed by atoms with Crippen LogP contribution in [0.5, 0.6) is 0 Å². The van der Waals surface area contributed by atoms with Crippen LogP contribution in [0.2, 0.25) is 0 Å². The standard InChI is InChI=1S/C21H23N3O2S2/c1-13-5-7-15(8-6-13)18-14(2)28-21-19(18)20(26)22-16(23-21)11-27-12-17(25)24-9-3-4-10-24/h5-8H,3-4,9-12H2,1-2H3,(H,22,23,26). The summed E-state index contributed by atoms with van der Waals surface area (Å²) in [7, 11) is 0. The highest BCUT2D eigenvalue weighted by Gasteiger charge is 2.19. The third-order valence-corrected chi connectivity index (χ3v) is 6.98. The van der Waals surface area contributed by atoms with Gasteiger partial charge in [-0.3, -0.25) is 9.59 Å². The van der Waals surface area contributed by atoms with Crippen molar-refractivity contribution in [2.45, 2.75) is 32.4 Å². The van der Waals surface area contributed by atoms with Crippen LogP contribution in [0, 0.1) is 13.8 Å². The molecular formula is C21H23N3O2S2. The number of H-pyrrole nitrogens is 1. The molecule has 0 atom stereocenters. The van der Waals surface area contributed by atoms with Crippen LogP contribution in [0.1, 0.15) is 29.1 Å². The number of carbonyl (C=O) groups is 1. The van der Waals surface area contributed by atoms with Gasteiger partial charge in [-0.05, 0) is 32.3 Å². The van der Waals surface area contributed by atoms with E-state index >= 15 is 0 Å².